The number of benzene rings is 2. The predicted molar refractivity (Wildman–Crippen MR) is 109 cm³/mol. The SMILES string of the molecule is Nc1ncc(NC(=O)c2ccccc2)cc1OCCc1c(Cl)ccc(F)c1Cl. The highest BCUT2D eigenvalue weighted by molar-refractivity contribution is 6.36. The summed E-state index contributed by atoms with van der Waals surface area (Å²) in [6, 6.07) is 13.0. The van der Waals surface area contributed by atoms with E-state index in [2.05, 4.69) is 10.3 Å². The first-order valence-electron chi connectivity index (χ1n) is 8.33. The summed E-state index contributed by atoms with van der Waals surface area (Å²) >= 11 is 12.0. The van der Waals surface area contributed by atoms with Crippen molar-refractivity contribution in [2.75, 3.05) is 17.7 Å². The Kier molecular flexibility index (Phi) is 6.34. The third-order valence-electron chi connectivity index (χ3n) is 3.92. The lowest BCUT2D eigenvalue weighted by Gasteiger charge is -2.12. The number of hydrogen-bond acceptors (Lipinski definition) is 4. The lowest BCUT2D eigenvalue weighted by Crippen LogP contribution is -2.12. The zero-order chi connectivity index (χ0) is 20.1. The van der Waals surface area contributed by atoms with E-state index in [1.54, 1.807) is 30.3 Å². The average Bonchev–Trinajstić information content (AvgIpc) is 2.70. The van der Waals surface area contributed by atoms with Crippen molar-refractivity contribution in [1.29, 1.82) is 0 Å². The molecule has 0 aliphatic carbocycles. The van der Waals surface area contributed by atoms with Gasteiger partial charge in [0.2, 0.25) is 0 Å². The molecule has 1 heterocycles. The largest absolute Gasteiger partial charge is 0.489 e. The van der Waals surface area contributed by atoms with E-state index >= 15 is 0 Å². The van der Waals surface area contributed by atoms with Gasteiger partial charge < -0.3 is 15.8 Å². The predicted octanol–water partition coefficient (Wildman–Crippen LogP) is 4.98. The minimum atomic E-state index is -0.548. The van der Waals surface area contributed by atoms with E-state index in [1.165, 1.54) is 18.3 Å². The molecule has 2 aromatic carbocycles. The first-order valence-corrected chi connectivity index (χ1v) is 9.08. The number of nitrogen functional groups attached to an aromatic ring is 1. The third kappa shape index (κ3) is 4.71. The molecule has 1 aromatic heterocycles. The first kappa shape index (κ1) is 19.9. The summed E-state index contributed by atoms with van der Waals surface area (Å²) in [6.45, 7) is 0.144. The van der Waals surface area contributed by atoms with E-state index < -0.39 is 5.82 Å². The molecule has 0 radical (unpaired) electrons. The number of nitrogens with two attached hydrogens (primary N) is 1. The smallest absolute Gasteiger partial charge is 0.255 e. The fourth-order valence-electron chi connectivity index (χ4n) is 2.49. The average molecular weight is 420 g/mol. The number of nitrogens with one attached hydrogen (secondary N) is 1. The Balaban J connectivity index is 1.67. The van der Waals surface area contributed by atoms with Crippen LogP contribution in [0.15, 0.2) is 54.7 Å². The molecule has 28 heavy (non-hydrogen) atoms. The number of anilines is 2. The number of ether oxygens (including phenoxy) is 1. The standard InChI is InChI=1S/C20H16Cl2FN3O2/c21-15-6-7-16(23)18(22)14(15)8-9-28-17-10-13(11-25-19(17)24)26-20(27)12-4-2-1-3-5-12/h1-7,10-11H,8-9H2,(H2,24,25)(H,26,27). The molecule has 0 unspecified atom stereocenters. The molecule has 144 valence electrons. The van der Waals surface area contributed by atoms with Gasteiger partial charge in [-0.1, -0.05) is 41.4 Å². The van der Waals surface area contributed by atoms with Gasteiger partial charge >= 0.3 is 0 Å². The molecule has 0 fully saturated rings. The maximum absolute atomic E-state index is 13.6. The number of aromatic nitrogens is 1. The molecular weight excluding hydrogens is 404 g/mol. The molecule has 3 N–H and O–H groups in total. The van der Waals surface area contributed by atoms with Crippen molar-refractivity contribution < 1.29 is 13.9 Å². The Bertz CT molecular complexity index is 1000. The van der Waals surface area contributed by atoms with E-state index in [4.69, 9.17) is 33.7 Å². The maximum Gasteiger partial charge on any atom is 0.255 e. The molecule has 0 aliphatic rings. The van der Waals surface area contributed by atoms with Crippen LogP contribution >= 0.6 is 23.2 Å². The van der Waals surface area contributed by atoms with Crippen LogP contribution in [0.1, 0.15) is 15.9 Å². The number of halogens is 3. The fourth-order valence-corrected chi connectivity index (χ4v) is 3.05. The zero-order valence-electron chi connectivity index (χ0n) is 14.6. The Labute approximate surface area is 171 Å². The van der Waals surface area contributed by atoms with Gasteiger partial charge in [-0.2, -0.15) is 0 Å². The van der Waals surface area contributed by atoms with Crippen LogP contribution in [0, 0.1) is 5.82 Å². The number of amides is 1. The first-order chi connectivity index (χ1) is 13.5. The van der Waals surface area contributed by atoms with Gasteiger partial charge in [-0.15, -0.1) is 0 Å². The van der Waals surface area contributed by atoms with Crippen LogP contribution in [0.3, 0.4) is 0 Å². The van der Waals surface area contributed by atoms with Crippen molar-refractivity contribution in [3.05, 3.63) is 81.7 Å². The van der Waals surface area contributed by atoms with Gasteiger partial charge in [0.05, 0.1) is 23.5 Å². The molecule has 3 rings (SSSR count). The van der Waals surface area contributed by atoms with Crippen LogP contribution in [0.5, 0.6) is 5.75 Å². The molecule has 0 bridgehead atoms. The molecule has 0 saturated carbocycles. The van der Waals surface area contributed by atoms with Gasteiger partial charge in [0.1, 0.15) is 5.82 Å². The van der Waals surface area contributed by atoms with Crippen LogP contribution in [0.25, 0.3) is 0 Å². The van der Waals surface area contributed by atoms with Crippen molar-refractivity contribution in [2.45, 2.75) is 6.42 Å². The van der Waals surface area contributed by atoms with Crippen molar-refractivity contribution in [3.8, 4) is 5.75 Å². The van der Waals surface area contributed by atoms with Crippen LogP contribution in [0.2, 0.25) is 10.0 Å². The number of pyridine rings is 1. The molecule has 5 nitrogen and oxygen atoms in total. The highest BCUT2D eigenvalue weighted by atomic mass is 35.5. The van der Waals surface area contributed by atoms with E-state index in [1.807, 2.05) is 6.07 Å². The van der Waals surface area contributed by atoms with Crippen LogP contribution in [-0.4, -0.2) is 17.5 Å². The van der Waals surface area contributed by atoms with E-state index in [9.17, 15) is 9.18 Å². The number of carbonyl (C=O) groups is 1. The highest BCUT2D eigenvalue weighted by Crippen LogP contribution is 2.28. The van der Waals surface area contributed by atoms with Crippen molar-refractivity contribution >= 4 is 40.6 Å². The third-order valence-corrected chi connectivity index (χ3v) is 4.69. The normalized spacial score (nSPS) is 10.5. The van der Waals surface area contributed by atoms with Crippen LogP contribution < -0.4 is 15.8 Å². The Morgan fingerprint density at radius 1 is 1.18 bits per heavy atom. The lowest BCUT2D eigenvalue weighted by molar-refractivity contribution is 0.102. The second-order valence-electron chi connectivity index (χ2n) is 5.85. The summed E-state index contributed by atoms with van der Waals surface area (Å²) < 4.78 is 19.2. The quantitative estimate of drug-likeness (QED) is 0.552. The van der Waals surface area contributed by atoms with Crippen molar-refractivity contribution in [2.24, 2.45) is 0 Å². The van der Waals surface area contributed by atoms with Crippen molar-refractivity contribution in [3.63, 3.8) is 0 Å². The highest BCUT2D eigenvalue weighted by Gasteiger charge is 2.12. The lowest BCUT2D eigenvalue weighted by atomic mass is 10.1. The summed E-state index contributed by atoms with van der Waals surface area (Å²) in [5.41, 5.74) is 7.22. The summed E-state index contributed by atoms with van der Waals surface area (Å²) in [6.07, 6.45) is 1.71. The van der Waals surface area contributed by atoms with E-state index in [-0.39, 0.29) is 35.5 Å². The minimum absolute atomic E-state index is 0.0360. The van der Waals surface area contributed by atoms with Crippen molar-refractivity contribution in [1.82, 2.24) is 4.98 Å². The van der Waals surface area contributed by atoms with Crippen LogP contribution in [-0.2, 0) is 6.42 Å². The van der Waals surface area contributed by atoms with Gasteiger partial charge in [-0.05, 0) is 29.8 Å². The van der Waals surface area contributed by atoms with Gasteiger partial charge in [-0.25, -0.2) is 9.37 Å². The Hall–Kier alpha value is -2.83. The van der Waals surface area contributed by atoms with E-state index in [0.717, 1.165) is 0 Å². The fraction of sp³-hybridized carbons (Fsp3) is 0.100. The van der Waals surface area contributed by atoms with E-state index in [0.29, 0.717) is 21.8 Å². The molecule has 8 heteroatoms. The summed E-state index contributed by atoms with van der Waals surface area (Å²) in [5, 5.41) is 3.05. The number of hydrogen-bond donors (Lipinski definition) is 2. The Morgan fingerprint density at radius 3 is 2.68 bits per heavy atom. The monoisotopic (exact) mass is 419 g/mol. The van der Waals surface area contributed by atoms with Crippen LogP contribution in [0.4, 0.5) is 15.9 Å². The Morgan fingerprint density at radius 2 is 1.93 bits per heavy atom. The summed E-state index contributed by atoms with van der Waals surface area (Å²) in [4.78, 5) is 16.3. The second-order valence-corrected chi connectivity index (χ2v) is 6.63. The minimum Gasteiger partial charge on any atom is -0.489 e. The molecule has 0 spiro atoms. The molecule has 0 saturated heterocycles. The number of carbonyl (C=O) groups excluding carboxylic acids is 1. The molecule has 1 amide bonds. The second kappa shape index (κ2) is 8.91. The van der Waals surface area contributed by atoms with Gasteiger partial charge in [-0.3, -0.25) is 4.79 Å². The van der Waals surface area contributed by atoms with Gasteiger partial charge in [0, 0.05) is 23.1 Å². The summed E-state index contributed by atoms with van der Waals surface area (Å²) in [5.74, 6) is -0.382. The molecule has 0 aliphatic heterocycles. The summed E-state index contributed by atoms with van der Waals surface area (Å²) in [7, 11) is 0. The number of rotatable bonds is 6. The van der Waals surface area contributed by atoms with Gasteiger partial charge in [0.15, 0.2) is 11.6 Å². The number of nitrogens with zero attached hydrogens (tertiary/aromatic N) is 1. The molecule has 0 atom stereocenters. The van der Waals surface area contributed by atoms with Gasteiger partial charge in [0.25, 0.3) is 5.91 Å². The molecule has 3 aromatic rings. The maximum atomic E-state index is 13.6. The zero-order valence-corrected chi connectivity index (χ0v) is 16.1. The topological polar surface area (TPSA) is 77.2 Å². The molecular formula is C20H16Cl2FN3O2.